The van der Waals surface area contributed by atoms with Gasteiger partial charge in [-0.1, -0.05) is 12.1 Å². The Hall–Kier alpha value is -2.86. The first-order chi connectivity index (χ1) is 13.8. The number of carboxylic acids is 1. The summed E-state index contributed by atoms with van der Waals surface area (Å²) in [7, 11) is 0. The number of hydrogen-bond donors (Lipinski definition) is 3. The lowest BCUT2D eigenvalue weighted by Crippen LogP contribution is -2.36. The molecule has 3 N–H and O–H groups in total. The molecule has 0 spiro atoms. The molecule has 3 rings (SSSR count). The lowest BCUT2D eigenvalue weighted by Gasteiger charge is -2.34. The first-order valence-electron chi connectivity index (χ1n) is 9.93. The van der Waals surface area contributed by atoms with Gasteiger partial charge in [-0.05, 0) is 74.4 Å². The number of aliphatic hydroxyl groups is 1. The maximum atomic E-state index is 13.1. The normalized spacial score (nSPS) is 16.6. The second-order valence-corrected chi connectivity index (χ2v) is 7.83. The van der Waals surface area contributed by atoms with Gasteiger partial charge in [0, 0.05) is 36.6 Å². The number of hydrogen-bond acceptors (Lipinski definition) is 4. The molecule has 1 aliphatic heterocycles. The number of aryl methyl sites for hydroxylation is 2. The van der Waals surface area contributed by atoms with Crippen LogP contribution in [0, 0.1) is 26.7 Å². The van der Waals surface area contributed by atoms with E-state index in [1.807, 2.05) is 32.0 Å². The summed E-state index contributed by atoms with van der Waals surface area (Å²) in [5, 5.41) is 21.8. The van der Waals surface area contributed by atoms with Gasteiger partial charge in [0.15, 0.2) is 0 Å². The summed E-state index contributed by atoms with van der Waals surface area (Å²) in [6, 6.07) is 9.09. The second kappa shape index (κ2) is 8.66. The van der Waals surface area contributed by atoms with Gasteiger partial charge in [0.05, 0.1) is 5.56 Å². The predicted molar refractivity (Wildman–Crippen MR) is 114 cm³/mol. The fraction of sp³-hybridized carbons (Fsp3) is 0.391. The molecule has 154 valence electrons. The largest absolute Gasteiger partial charge is 0.478 e. The molecule has 1 aliphatic rings. The van der Waals surface area contributed by atoms with Crippen LogP contribution in [0.2, 0.25) is 0 Å². The van der Waals surface area contributed by atoms with Crippen LogP contribution < -0.4 is 10.2 Å². The minimum atomic E-state index is -1.01. The molecule has 1 atom stereocenters. The molecule has 0 aliphatic carbocycles. The van der Waals surface area contributed by atoms with Gasteiger partial charge in [-0.25, -0.2) is 4.79 Å². The number of nitrogens with one attached hydrogen (secondary N) is 1. The van der Waals surface area contributed by atoms with Crippen molar-refractivity contribution in [2.45, 2.75) is 33.6 Å². The number of aromatic carboxylic acids is 1. The number of nitrogens with zero attached hydrogens (tertiary/aromatic N) is 1. The number of piperidine rings is 1. The zero-order valence-corrected chi connectivity index (χ0v) is 17.2. The summed E-state index contributed by atoms with van der Waals surface area (Å²) >= 11 is 0. The van der Waals surface area contributed by atoms with Gasteiger partial charge in [0.25, 0.3) is 5.91 Å². The molecule has 6 heteroatoms. The van der Waals surface area contributed by atoms with Crippen molar-refractivity contribution in [1.29, 1.82) is 0 Å². The van der Waals surface area contributed by atoms with Crippen LogP contribution >= 0.6 is 0 Å². The maximum absolute atomic E-state index is 13.1. The van der Waals surface area contributed by atoms with Crippen LogP contribution in [-0.2, 0) is 0 Å². The molecule has 6 nitrogen and oxygen atoms in total. The van der Waals surface area contributed by atoms with Crippen LogP contribution in [0.3, 0.4) is 0 Å². The third-order valence-corrected chi connectivity index (χ3v) is 5.75. The van der Waals surface area contributed by atoms with E-state index >= 15 is 0 Å². The Labute approximate surface area is 171 Å². The number of amides is 1. The summed E-state index contributed by atoms with van der Waals surface area (Å²) in [6.07, 6.45) is 2.03. The van der Waals surface area contributed by atoms with Crippen molar-refractivity contribution in [1.82, 2.24) is 0 Å². The van der Waals surface area contributed by atoms with Crippen LogP contribution in [0.4, 0.5) is 11.4 Å². The first-order valence-corrected chi connectivity index (χ1v) is 9.93. The summed E-state index contributed by atoms with van der Waals surface area (Å²) < 4.78 is 0. The number of carboxylic acid groups (broad SMARTS) is 1. The lowest BCUT2D eigenvalue weighted by molar-refractivity contribution is 0.0695. The summed E-state index contributed by atoms with van der Waals surface area (Å²) in [6.45, 7) is 7.30. The highest BCUT2D eigenvalue weighted by Gasteiger charge is 2.21. The van der Waals surface area contributed by atoms with Crippen molar-refractivity contribution in [2.75, 3.05) is 29.9 Å². The standard InChI is InChI=1S/C23H28N2O4/c1-14-6-8-18(25-10-4-5-17(12-25)13-26)11-20(14)22(27)24-21-15(2)7-9-19(16(21)3)23(28)29/h6-9,11,17,26H,4-5,10,12-13H2,1-3H3,(H,24,27)(H,28,29)/t17-/m0/s1. The van der Waals surface area contributed by atoms with Gasteiger partial charge < -0.3 is 20.4 Å². The van der Waals surface area contributed by atoms with Crippen molar-refractivity contribution in [2.24, 2.45) is 5.92 Å². The van der Waals surface area contributed by atoms with Crippen molar-refractivity contribution in [3.63, 3.8) is 0 Å². The molecule has 1 amide bonds. The molecule has 1 heterocycles. The monoisotopic (exact) mass is 396 g/mol. The minimum absolute atomic E-state index is 0.175. The van der Waals surface area contributed by atoms with Gasteiger partial charge in [0.2, 0.25) is 0 Å². The van der Waals surface area contributed by atoms with Crippen LogP contribution in [0.15, 0.2) is 30.3 Å². The fourth-order valence-corrected chi connectivity index (χ4v) is 3.95. The van der Waals surface area contributed by atoms with E-state index in [1.54, 1.807) is 19.1 Å². The number of carbonyl (C=O) groups excluding carboxylic acids is 1. The average molecular weight is 396 g/mol. The summed E-state index contributed by atoms with van der Waals surface area (Å²) in [4.78, 5) is 26.7. The molecule has 0 aromatic heterocycles. The summed E-state index contributed by atoms with van der Waals surface area (Å²) in [5.74, 6) is -1.01. The smallest absolute Gasteiger partial charge is 0.336 e. The van der Waals surface area contributed by atoms with Crippen molar-refractivity contribution in [3.8, 4) is 0 Å². The molecule has 29 heavy (non-hydrogen) atoms. The predicted octanol–water partition coefficient (Wildman–Crippen LogP) is 3.77. The van der Waals surface area contributed by atoms with E-state index in [4.69, 9.17) is 0 Å². The third kappa shape index (κ3) is 4.43. The van der Waals surface area contributed by atoms with E-state index in [0.717, 1.165) is 42.7 Å². The molecule has 2 aromatic rings. The van der Waals surface area contributed by atoms with Gasteiger partial charge in [-0.2, -0.15) is 0 Å². The Kier molecular flexibility index (Phi) is 6.23. The van der Waals surface area contributed by atoms with Crippen LogP contribution in [0.1, 0.15) is 50.2 Å². The Bertz CT molecular complexity index is 939. The van der Waals surface area contributed by atoms with Crippen molar-refractivity contribution in [3.05, 3.63) is 58.1 Å². The Morgan fingerprint density at radius 3 is 2.52 bits per heavy atom. The van der Waals surface area contributed by atoms with Crippen LogP contribution in [0.5, 0.6) is 0 Å². The van der Waals surface area contributed by atoms with E-state index in [0.29, 0.717) is 16.8 Å². The van der Waals surface area contributed by atoms with E-state index in [9.17, 15) is 19.8 Å². The van der Waals surface area contributed by atoms with Crippen molar-refractivity contribution >= 4 is 23.3 Å². The van der Waals surface area contributed by atoms with E-state index in [2.05, 4.69) is 10.2 Å². The zero-order chi connectivity index (χ0) is 21.1. The fourth-order valence-electron chi connectivity index (χ4n) is 3.95. The highest BCUT2D eigenvalue weighted by molar-refractivity contribution is 6.07. The second-order valence-electron chi connectivity index (χ2n) is 7.83. The van der Waals surface area contributed by atoms with Gasteiger partial charge in [-0.3, -0.25) is 4.79 Å². The highest BCUT2D eigenvalue weighted by Crippen LogP contribution is 2.28. The van der Waals surface area contributed by atoms with E-state index in [-0.39, 0.29) is 24.0 Å². The van der Waals surface area contributed by atoms with Crippen molar-refractivity contribution < 1.29 is 19.8 Å². The number of anilines is 2. The topological polar surface area (TPSA) is 89.9 Å². The van der Waals surface area contributed by atoms with E-state index < -0.39 is 5.97 Å². The Morgan fingerprint density at radius 1 is 1.10 bits per heavy atom. The van der Waals surface area contributed by atoms with Gasteiger partial charge >= 0.3 is 5.97 Å². The Morgan fingerprint density at radius 2 is 1.83 bits per heavy atom. The molecule has 0 unspecified atom stereocenters. The van der Waals surface area contributed by atoms with Crippen LogP contribution in [-0.4, -0.2) is 41.8 Å². The maximum Gasteiger partial charge on any atom is 0.336 e. The Balaban J connectivity index is 1.89. The zero-order valence-electron chi connectivity index (χ0n) is 17.2. The molecule has 0 bridgehead atoms. The molecular formula is C23H28N2O4. The van der Waals surface area contributed by atoms with Gasteiger partial charge in [-0.15, -0.1) is 0 Å². The van der Waals surface area contributed by atoms with Crippen LogP contribution in [0.25, 0.3) is 0 Å². The number of rotatable bonds is 5. The summed E-state index contributed by atoms with van der Waals surface area (Å²) in [5.41, 5.74) is 4.46. The lowest BCUT2D eigenvalue weighted by atomic mass is 9.97. The molecule has 1 fully saturated rings. The highest BCUT2D eigenvalue weighted by atomic mass is 16.4. The molecule has 0 radical (unpaired) electrons. The average Bonchev–Trinajstić information content (AvgIpc) is 2.71. The number of carbonyl (C=O) groups is 2. The quantitative estimate of drug-likeness (QED) is 0.716. The van der Waals surface area contributed by atoms with E-state index in [1.165, 1.54) is 0 Å². The third-order valence-electron chi connectivity index (χ3n) is 5.75. The minimum Gasteiger partial charge on any atom is -0.478 e. The molecule has 1 saturated heterocycles. The van der Waals surface area contributed by atoms with Gasteiger partial charge in [0.1, 0.15) is 0 Å². The molecule has 0 saturated carbocycles. The first kappa shape index (κ1) is 20.9. The SMILES string of the molecule is Cc1ccc(N2CCC[C@H](CO)C2)cc1C(=O)Nc1c(C)ccc(C(=O)O)c1C. The number of benzene rings is 2. The molecular weight excluding hydrogens is 368 g/mol. The molecule has 2 aromatic carbocycles. The number of aliphatic hydroxyl groups excluding tert-OH is 1.